The van der Waals surface area contributed by atoms with Gasteiger partial charge in [-0.3, -0.25) is 4.79 Å². The lowest BCUT2D eigenvalue weighted by atomic mass is 10.00. The smallest absolute Gasteiger partial charge is 0.272 e. The van der Waals surface area contributed by atoms with Crippen molar-refractivity contribution in [3.05, 3.63) is 82.1 Å². The van der Waals surface area contributed by atoms with Gasteiger partial charge in [0.25, 0.3) is 5.91 Å². The highest BCUT2D eigenvalue weighted by Gasteiger charge is 2.23. The Morgan fingerprint density at radius 1 is 1.07 bits per heavy atom. The number of hydrogen-bond donors (Lipinski definition) is 1. The third-order valence-corrected chi connectivity index (χ3v) is 4.94. The fourth-order valence-electron chi connectivity index (χ4n) is 3.25. The highest BCUT2D eigenvalue weighted by atomic mass is 35.5. The summed E-state index contributed by atoms with van der Waals surface area (Å²) < 4.78 is 0. The number of amides is 1. The molecule has 0 atom stereocenters. The van der Waals surface area contributed by atoms with Crippen molar-refractivity contribution in [1.82, 2.24) is 14.9 Å². The number of carbonyl (C=O) groups excluding carboxylic acids is 1. The summed E-state index contributed by atoms with van der Waals surface area (Å²) in [5.74, 6) is 0.279. The van der Waals surface area contributed by atoms with E-state index >= 15 is 0 Å². The lowest BCUT2D eigenvalue weighted by Gasteiger charge is -2.28. The van der Waals surface area contributed by atoms with Gasteiger partial charge in [0.05, 0.1) is 10.7 Å². The van der Waals surface area contributed by atoms with E-state index in [0.29, 0.717) is 35.4 Å². The summed E-state index contributed by atoms with van der Waals surface area (Å²) in [6.07, 6.45) is 0.858. The first kappa shape index (κ1) is 17.5. The SMILES string of the molecule is Cc1cc(C(=O)N2CCc3ccccc3C2)nc(Nc2ccccc2Cl)n1. The van der Waals surface area contributed by atoms with Gasteiger partial charge < -0.3 is 10.2 Å². The molecule has 6 heteroatoms. The van der Waals surface area contributed by atoms with Crippen LogP contribution in [0.5, 0.6) is 0 Å². The quantitative estimate of drug-likeness (QED) is 0.734. The molecule has 2 heterocycles. The molecule has 27 heavy (non-hydrogen) atoms. The monoisotopic (exact) mass is 378 g/mol. The molecule has 0 radical (unpaired) electrons. The Kier molecular flexibility index (Phi) is 4.77. The molecule has 1 aliphatic heterocycles. The number of para-hydroxylation sites is 1. The molecule has 136 valence electrons. The summed E-state index contributed by atoms with van der Waals surface area (Å²) in [5.41, 5.74) is 4.31. The second-order valence-corrected chi connectivity index (χ2v) is 6.98. The molecule has 0 bridgehead atoms. The van der Waals surface area contributed by atoms with E-state index in [-0.39, 0.29) is 5.91 Å². The van der Waals surface area contributed by atoms with Crippen molar-refractivity contribution in [3.8, 4) is 0 Å². The Morgan fingerprint density at radius 2 is 1.81 bits per heavy atom. The van der Waals surface area contributed by atoms with Crippen LogP contribution in [0.1, 0.15) is 27.3 Å². The third-order valence-electron chi connectivity index (χ3n) is 4.61. The zero-order chi connectivity index (χ0) is 18.8. The average molecular weight is 379 g/mol. The summed E-state index contributed by atoms with van der Waals surface area (Å²) >= 11 is 6.19. The second-order valence-electron chi connectivity index (χ2n) is 6.57. The number of halogens is 1. The van der Waals surface area contributed by atoms with E-state index in [4.69, 9.17) is 11.6 Å². The van der Waals surface area contributed by atoms with Crippen LogP contribution < -0.4 is 5.32 Å². The molecule has 2 aromatic carbocycles. The number of benzene rings is 2. The topological polar surface area (TPSA) is 58.1 Å². The van der Waals surface area contributed by atoms with Gasteiger partial charge in [-0.2, -0.15) is 0 Å². The van der Waals surface area contributed by atoms with Gasteiger partial charge in [0.15, 0.2) is 0 Å². The number of nitrogens with one attached hydrogen (secondary N) is 1. The first-order chi connectivity index (χ1) is 13.1. The van der Waals surface area contributed by atoms with Crippen molar-refractivity contribution in [1.29, 1.82) is 0 Å². The lowest BCUT2D eigenvalue weighted by Crippen LogP contribution is -2.36. The molecule has 3 aromatic rings. The van der Waals surface area contributed by atoms with Crippen LogP contribution in [0.15, 0.2) is 54.6 Å². The van der Waals surface area contributed by atoms with E-state index in [0.717, 1.165) is 12.1 Å². The molecule has 0 unspecified atom stereocenters. The number of aryl methyl sites for hydroxylation is 1. The first-order valence-electron chi connectivity index (χ1n) is 8.83. The van der Waals surface area contributed by atoms with Crippen molar-refractivity contribution in [3.63, 3.8) is 0 Å². The van der Waals surface area contributed by atoms with Crippen LogP contribution in [-0.4, -0.2) is 27.3 Å². The molecule has 0 aliphatic carbocycles. The van der Waals surface area contributed by atoms with Crippen molar-refractivity contribution in [2.45, 2.75) is 19.9 Å². The van der Waals surface area contributed by atoms with E-state index in [1.807, 2.05) is 42.2 Å². The Morgan fingerprint density at radius 3 is 2.63 bits per heavy atom. The Bertz CT molecular complexity index is 1000. The Balaban J connectivity index is 1.58. The molecule has 1 aromatic heterocycles. The number of anilines is 2. The van der Waals surface area contributed by atoms with E-state index in [1.54, 1.807) is 12.1 Å². The predicted molar refractivity (Wildman–Crippen MR) is 106 cm³/mol. The van der Waals surface area contributed by atoms with Crippen molar-refractivity contribution in [2.75, 3.05) is 11.9 Å². The van der Waals surface area contributed by atoms with Crippen LogP contribution in [0, 0.1) is 6.92 Å². The normalized spacial score (nSPS) is 13.2. The average Bonchev–Trinajstić information content (AvgIpc) is 2.68. The zero-order valence-electron chi connectivity index (χ0n) is 14.9. The van der Waals surface area contributed by atoms with E-state index in [1.165, 1.54) is 11.1 Å². The zero-order valence-corrected chi connectivity index (χ0v) is 15.7. The molecule has 5 nitrogen and oxygen atoms in total. The molecule has 4 rings (SSSR count). The summed E-state index contributed by atoms with van der Waals surface area (Å²) in [4.78, 5) is 23.7. The summed E-state index contributed by atoms with van der Waals surface area (Å²) in [5, 5.41) is 3.67. The largest absolute Gasteiger partial charge is 0.333 e. The van der Waals surface area contributed by atoms with Gasteiger partial charge in [-0.1, -0.05) is 48.0 Å². The molecule has 0 saturated carbocycles. The van der Waals surface area contributed by atoms with Gasteiger partial charge >= 0.3 is 0 Å². The van der Waals surface area contributed by atoms with Gasteiger partial charge in [-0.25, -0.2) is 9.97 Å². The second kappa shape index (κ2) is 7.37. The van der Waals surface area contributed by atoms with Crippen LogP contribution in [0.3, 0.4) is 0 Å². The molecule has 1 aliphatic rings. The van der Waals surface area contributed by atoms with Gasteiger partial charge in [0, 0.05) is 18.8 Å². The molecular formula is C21H19ClN4O. The maximum atomic E-state index is 13.0. The number of fused-ring (bicyclic) bond motifs is 1. The lowest BCUT2D eigenvalue weighted by molar-refractivity contribution is 0.0728. The third kappa shape index (κ3) is 3.78. The minimum absolute atomic E-state index is 0.0859. The predicted octanol–water partition coefficient (Wildman–Crippen LogP) is 4.38. The molecule has 0 spiro atoms. The van der Waals surface area contributed by atoms with Crippen LogP contribution in [0.25, 0.3) is 0 Å². The number of rotatable bonds is 3. The molecule has 1 amide bonds. The first-order valence-corrected chi connectivity index (χ1v) is 9.21. The summed E-state index contributed by atoms with van der Waals surface area (Å²) in [6.45, 7) is 3.14. The van der Waals surface area contributed by atoms with Gasteiger partial charge in [-0.15, -0.1) is 0 Å². The van der Waals surface area contributed by atoms with Gasteiger partial charge in [0.1, 0.15) is 5.69 Å². The van der Waals surface area contributed by atoms with Crippen LogP contribution in [-0.2, 0) is 13.0 Å². The maximum absolute atomic E-state index is 13.0. The maximum Gasteiger partial charge on any atom is 0.272 e. The Hall–Kier alpha value is -2.92. The number of hydrogen-bond acceptors (Lipinski definition) is 4. The minimum Gasteiger partial charge on any atom is -0.333 e. The molecule has 0 saturated heterocycles. The Labute approximate surface area is 163 Å². The van der Waals surface area contributed by atoms with Crippen molar-refractivity contribution in [2.24, 2.45) is 0 Å². The van der Waals surface area contributed by atoms with Gasteiger partial charge in [-0.05, 0) is 42.7 Å². The fraction of sp³-hybridized carbons (Fsp3) is 0.190. The summed E-state index contributed by atoms with van der Waals surface area (Å²) in [6, 6.07) is 17.3. The number of nitrogens with zero attached hydrogens (tertiary/aromatic N) is 3. The van der Waals surface area contributed by atoms with Crippen LogP contribution >= 0.6 is 11.6 Å². The number of aromatic nitrogens is 2. The highest BCUT2D eigenvalue weighted by Crippen LogP contribution is 2.24. The number of carbonyl (C=O) groups is 1. The highest BCUT2D eigenvalue weighted by molar-refractivity contribution is 6.33. The van der Waals surface area contributed by atoms with Crippen LogP contribution in [0.4, 0.5) is 11.6 Å². The van der Waals surface area contributed by atoms with Crippen LogP contribution in [0.2, 0.25) is 5.02 Å². The van der Waals surface area contributed by atoms with E-state index in [9.17, 15) is 4.79 Å². The van der Waals surface area contributed by atoms with Crippen molar-refractivity contribution < 1.29 is 4.79 Å². The van der Waals surface area contributed by atoms with E-state index in [2.05, 4.69) is 27.4 Å². The standard InChI is InChI=1S/C21H19ClN4O/c1-14-12-19(25-21(23-14)24-18-9-5-4-8-17(18)22)20(27)26-11-10-15-6-2-3-7-16(15)13-26/h2-9,12H,10-11,13H2,1H3,(H,23,24,25). The van der Waals surface area contributed by atoms with Gasteiger partial charge in [0.2, 0.25) is 5.95 Å². The molecule has 0 fully saturated rings. The molecular weight excluding hydrogens is 360 g/mol. The fourth-order valence-corrected chi connectivity index (χ4v) is 3.43. The van der Waals surface area contributed by atoms with Crippen molar-refractivity contribution >= 4 is 29.1 Å². The summed E-state index contributed by atoms with van der Waals surface area (Å²) in [7, 11) is 0. The molecule has 1 N–H and O–H groups in total. The van der Waals surface area contributed by atoms with E-state index < -0.39 is 0 Å². The minimum atomic E-state index is -0.0859.